The lowest BCUT2D eigenvalue weighted by Gasteiger charge is -2.41. The lowest BCUT2D eigenvalue weighted by atomic mass is 10.5. The first-order valence-corrected chi connectivity index (χ1v) is 19.6. The Balaban J connectivity index is -0.000000120. The second-order valence-corrected chi connectivity index (χ2v) is 24.4. The molecule has 0 aliphatic heterocycles. The van der Waals surface area contributed by atoms with Crippen molar-refractivity contribution in [2.24, 2.45) is 5.73 Å². The number of nitrogens with two attached hydrogens (primary N) is 1. The number of hydrogen-bond acceptors (Lipinski definition) is 4. The van der Waals surface area contributed by atoms with E-state index < -0.39 is 33.8 Å². The highest BCUT2D eigenvalue weighted by Crippen LogP contribution is 2.27. The molecule has 1 atom stereocenters. The summed E-state index contributed by atoms with van der Waals surface area (Å²) in [4.78, 5) is 0. The minimum absolute atomic E-state index is 0. The summed E-state index contributed by atoms with van der Waals surface area (Å²) in [5, 5.41) is 0. The van der Waals surface area contributed by atoms with Crippen LogP contribution in [0, 0.1) is 0 Å². The Morgan fingerprint density at radius 1 is 0.577 bits per heavy atom. The molecular weight excluding hydrogens is 391 g/mol. The molecule has 0 bridgehead atoms. The predicted molar refractivity (Wildman–Crippen MR) is 138 cm³/mol. The highest BCUT2D eigenvalue weighted by atomic mass is 28.5. The van der Waals surface area contributed by atoms with Crippen LogP contribution in [-0.4, -0.2) is 40.3 Å². The van der Waals surface area contributed by atoms with Crippen LogP contribution in [0.3, 0.4) is 0 Å². The van der Waals surface area contributed by atoms with Crippen LogP contribution >= 0.6 is 0 Å². The summed E-state index contributed by atoms with van der Waals surface area (Å²) in [6.07, 6.45) is 0.963. The zero-order valence-corrected chi connectivity index (χ0v) is 18.9. The molecule has 0 saturated heterocycles. The number of rotatable bonds is 9. The van der Waals surface area contributed by atoms with Crippen molar-refractivity contribution in [2.45, 2.75) is 116 Å². The summed E-state index contributed by atoms with van der Waals surface area (Å²) in [5.74, 6) is 0. The van der Waals surface area contributed by atoms with Gasteiger partial charge in [0.15, 0.2) is 16.6 Å². The van der Waals surface area contributed by atoms with Gasteiger partial charge in [-0.2, -0.15) is 0 Å². The SMILES string of the molecule is C.C.C.C.C.C.C[Si](C)(C)O[Si](C)(C)O[Si](C)(CCCN)O[Si](C)(C)C. The van der Waals surface area contributed by atoms with Crippen LogP contribution in [0.25, 0.3) is 0 Å². The average molecular weight is 450 g/mol. The summed E-state index contributed by atoms with van der Waals surface area (Å²) in [5.41, 5.74) is 5.67. The lowest BCUT2D eigenvalue weighted by Crippen LogP contribution is -2.56. The van der Waals surface area contributed by atoms with E-state index in [2.05, 4.69) is 58.9 Å². The van der Waals surface area contributed by atoms with E-state index in [0.717, 1.165) is 12.5 Å². The van der Waals surface area contributed by atoms with Gasteiger partial charge < -0.3 is 18.1 Å². The van der Waals surface area contributed by atoms with Crippen LogP contribution in [0.5, 0.6) is 0 Å². The van der Waals surface area contributed by atoms with Crippen LogP contribution < -0.4 is 5.73 Å². The molecule has 0 aromatic carbocycles. The van der Waals surface area contributed by atoms with Crippen LogP contribution in [0.2, 0.25) is 65.0 Å². The van der Waals surface area contributed by atoms with Crippen LogP contribution in [0.1, 0.15) is 51.0 Å². The van der Waals surface area contributed by atoms with Crippen molar-refractivity contribution in [1.29, 1.82) is 0 Å². The molecule has 0 aliphatic rings. The molecule has 0 amide bonds. The summed E-state index contributed by atoms with van der Waals surface area (Å²) in [7, 11) is -7.56. The van der Waals surface area contributed by atoms with E-state index >= 15 is 0 Å². The first-order valence-electron chi connectivity index (χ1n) is 7.49. The van der Waals surface area contributed by atoms with E-state index in [4.69, 9.17) is 18.1 Å². The van der Waals surface area contributed by atoms with Crippen molar-refractivity contribution in [3.05, 3.63) is 0 Å². The second-order valence-electron chi connectivity index (χ2n) is 7.96. The topological polar surface area (TPSA) is 53.7 Å². The number of hydrogen-bond donors (Lipinski definition) is 1. The van der Waals surface area contributed by atoms with Gasteiger partial charge >= 0.3 is 17.1 Å². The summed E-state index contributed by atoms with van der Waals surface area (Å²) < 4.78 is 19.3. The summed E-state index contributed by atoms with van der Waals surface area (Å²) in [6, 6.07) is 0.958. The summed E-state index contributed by atoms with van der Waals surface area (Å²) in [6.45, 7) is 20.5. The Labute approximate surface area is 174 Å². The fraction of sp³-hybridized carbons (Fsp3) is 1.00. The highest BCUT2D eigenvalue weighted by molar-refractivity contribution is 6.89. The van der Waals surface area contributed by atoms with E-state index in [1.165, 1.54) is 0 Å². The maximum atomic E-state index is 6.53. The predicted octanol–water partition coefficient (Wildman–Crippen LogP) is 7.65. The first kappa shape index (κ1) is 45.4. The van der Waals surface area contributed by atoms with Gasteiger partial charge in [-0.3, -0.25) is 0 Å². The Morgan fingerprint density at radius 2 is 0.923 bits per heavy atom. The van der Waals surface area contributed by atoms with Crippen LogP contribution in [0.4, 0.5) is 0 Å². The Hall–Kier alpha value is 0.708. The quantitative estimate of drug-likeness (QED) is 0.367. The minimum atomic E-state index is -2.20. The van der Waals surface area contributed by atoms with E-state index in [1.54, 1.807) is 0 Å². The Kier molecular flexibility index (Phi) is 29.1. The van der Waals surface area contributed by atoms with Crippen molar-refractivity contribution in [2.75, 3.05) is 6.54 Å². The molecule has 0 spiro atoms. The van der Waals surface area contributed by atoms with Crippen molar-refractivity contribution in [3.63, 3.8) is 0 Å². The normalized spacial score (nSPS) is 13.2. The zero-order valence-electron chi connectivity index (χ0n) is 14.9. The van der Waals surface area contributed by atoms with E-state index in [0.29, 0.717) is 6.54 Å². The maximum Gasteiger partial charge on any atom is 0.315 e. The lowest BCUT2D eigenvalue weighted by molar-refractivity contribution is 0.323. The second kappa shape index (κ2) is 16.6. The zero-order chi connectivity index (χ0) is 16.2. The molecular formula is C18H59NO3Si4. The first-order chi connectivity index (χ1) is 8.68. The van der Waals surface area contributed by atoms with Gasteiger partial charge in [-0.05, 0) is 77.9 Å². The van der Waals surface area contributed by atoms with Gasteiger partial charge in [-0.25, -0.2) is 0 Å². The highest BCUT2D eigenvalue weighted by Gasteiger charge is 2.43. The third-order valence-corrected chi connectivity index (χ3v) is 15.9. The largest absolute Gasteiger partial charge is 0.437 e. The summed E-state index contributed by atoms with van der Waals surface area (Å²) >= 11 is 0. The third kappa shape index (κ3) is 24.7. The Bertz CT molecular complexity index is 306. The van der Waals surface area contributed by atoms with Gasteiger partial charge in [0.2, 0.25) is 0 Å². The molecule has 0 rings (SSSR count). The molecule has 26 heavy (non-hydrogen) atoms. The van der Waals surface area contributed by atoms with E-state index in [9.17, 15) is 0 Å². The van der Waals surface area contributed by atoms with Gasteiger partial charge in [0.1, 0.15) is 0 Å². The average Bonchev–Trinajstić information content (AvgIpc) is 2.05. The van der Waals surface area contributed by atoms with Crippen LogP contribution in [0.15, 0.2) is 0 Å². The molecule has 2 N–H and O–H groups in total. The molecule has 0 saturated carbocycles. The van der Waals surface area contributed by atoms with Gasteiger partial charge in [-0.15, -0.1) is 0 Å². The van der Waals surface area contributed by atoms with Gasteiger partial charge in [0.05, 0.1) is 0 Å². The van der Waals surface area contributed by atoms with Gasteiger partial charge in [0, 0.05) is 0 Å². The van der Waals surface area contributed by atoms with Crippen molar-refractivity contribution in [1.82, 2.24) is 0 Å². The molecule has 4 nitrogen and oxygen atoms in total. The van der Waals surface area contributed by atoms with Crippen molar-refractivity contribution < 1.29 is 12.3 Å². The van der Waals surface area contributed by atoms with Crippen LogP contribution in [-0.2, 0) is 12.3 Å². The molecule has 0 heterocycles. The Morgan fingerprint density at radius 3 is 1.19 bits per heavy atom. The fourth-order valence-electron chi connectivity index (χ4n) is 2.47. The molecule has 8 heteroatoms. The molecule has 170 valence electrons. The van der Waals surface area contributed by atoms with Crippen molar-refractivity contribution in [3.8, 4) is 0 Å². The standard InChI is InChI=1S/C12H35NO3Si4.6CH4/c1-17(2,3)14-19(7,8)16-20(9,12-10-11-13)15-18(4,5)6;;;;;;/h10-13H2,1-9H3;6*1H4. The minimum Gasteiger partial charge on any atom is -0.437 e. The molecule has 0 fully saturated rings. The van der Waals surface area contributed by atoms with E-state index in [-0.39, 0.29) is 44.6 Å². The fourth-order valence-corrected chi connectivity index (χ4v) is 20.5. The smallest absolute Gasteiger partial charge is 0.315 e. The molecule has 0 radical (unpaired) electrons. The molecule has 0 aliphatic carbocycles. The van der Waals surface area contributed by atoms with Gasteiger partial charge in [-0.1, -0.05) is 44.6 Å². The molecule has 0 aromatic heterocycles. The maximum absolute atomic E-state index is 6.53. The third-order valence-electron chi connectivity index (χ3n) is 2.37. The van der Waals surface area contributed by atoms with E-state index in [1.807, 2.05) is 0 Å². The molecule has 0 aromatic rings. The van der Waals surface area contributed by atoms with Crippen molar-refractivity contribution >= 4 is 33.8 Å². The van der Waals surface area contributed by atoms with Gasteiger partial charge in [0.25, 0.3) is 0 Å². The molecule has 1 unspecified atom stereocenters. The monoisotopic (exact) mass is 449 g/mol.